The van der Waals surface area contributed by atoms with Crippen molar-refractivity contribution in [2.24, 2.45) is 4.99 Å². The standard InChI is InChI=1S/C20H17N3O3S2/c1-3-26-19(25)16-12(2)22-20-23(17(16)14-5-4-10-27-14)18(24)15(28-20)11-13-6-8-21-9-7-13/h4-11,17H,3H2,1-2H3/b15-11+. The molecule has 0 radical (unpaired) electrons. The number of fused-ring (bicyclic) bond motifs is 1. The predicted molar refractivity (Wildman–Crippen MR) is 109 cm³/mol. The Morgan fingerprint density at radius 3 is 2.79 bits per heavy atom. The zero-order valence-corrected chi connectivity index (χ0v) is 16.9. The van der Waals surface area contributed by atoms with E-state index >= 15 is 0 Å². The van der Waals surface area contributed by atoms with Gasteiger partial charge in [-0.05, 0) is 49.1 Å². The summed E-state index contributed by atoms with van der Waals surface area (Å²) in [7, 11) is 0. The first-order valence-electron chi connectivity index (χ1n) is 8.73. The highest BCUT2D eigenvalue weighted by Gasteiger charge is 2.33. The molecule has 142 valence electrons. The van der Waals surface area contributed by atoms with Crippen molar-refractivity contribution in [3.05, 3.63) is 83.4 Å². The summed E-state index contributed by atoms with van der Waals surface area (Å²) in [6.07, 6.45) is 5.18. The fourth-order valence-electron chi connectivity index (χ4n) is 3.12. The molecule has 4 heterocycles. The minimum Gasteiger partial charge on any atom is -0.463 e. The van der Waals surface area contributed by atoms with Crippen molar-refractivity contribution in [3.63, 3.8) is 0 Å². The highest BCUT2D eigenvalue weighted by atomic mass is 32.1. The van der Waals surface area contributed by atoms with Crippen molar-refractivity contribution >= 4 is 34.7 Å². The highest BCUT2D eigenvalue weighted by Crippen LogP contribution is 2.33. The van der Waals surface area contributed by atoms with Crippen LogP contribution in [-0.4, -0.2) is 22.1 Å². The van der Waals surface area contributed by atoms with E-state index in [9.17, 15) is 9.59 Å². The minimum atomic E-state index is -0.533. The lowest BCUT2D eigenvalue weighted by Crippen LogP contribution is -2.39. The van der Waals surface area contributed by atoms with Crippen molar-refractivity contribution in [1.82, 2.24) is 9.55 Å². The molecule has 1 unspecified atom stereocenters. The fraction of sp³-hybridized carbons (Fsp3) is 0.200. The number of hydrogen-bond donors (Lipinski definition) is 0. The summed E-state index contributed by atoms with van der Waals surface area (Å²) in [6.45, 7) is 3.81. The first-order chi connectivity index (χ1) is 13.6. The highest BCUT2D eigenvalue weighted by molar-refractivity contribution is 7.10. The van der Waals surface area contributed by atoms with Crippen LogP contribution in [0.2, 0.25) is 0 Å². The van der Waals surface area contributed by atoms with Crippen molar-refractivity contribution in [2.45, 2.75) is 19.9 Å². The molecule has 1 aliphatic heterocycles. The molecule has 0 aliphatic carbocycles. The molecule has 0 bridgehead atoms. The monoisotopic (exact) mass is 411 g/mol. The number of hydrogen-bond acceptors (Lipinski definition) is 7. The van der Waals surface area contributed by atoms with Crippen LogP contribution >= 0.6 is 22.7 Å². The van der Waals surface area contributed by atoms with E-state index in [0.717, 1.165) is 10.4 Å². The molecule has 1 aliphatic rings. The largest absolute Gasteiger partial charge is 0.463 e. The Balaban J connectivity index is 1.95. The maximum absolute atomic E-state index is 13.3. The number of ether oxygens (including phenoxy) is 1. The third kappa shape index (κ3) is 3.25. The Kier molecular flexibility index (Phi) is 5.06. The molecule has 1 atom stereocenters. The summed E-state index contributed by atoms with van der Waals surface area (Å²) in [6, 6.07) is 6.97. The van der Waals surface area contributed by atoms with E-state index in [0.29, 0.717) is 20.6 Å². The quantitative estimate of drug-likeness (QED) is 0.618. The summed E-state index contributed by atoms with van der Waals surface area (Å²) in [5.74, 6) is -0.439. The molecule has 3 aromatic heterocycles. The van der Waals surface area contributed by atoms with Gasteiger partial charge in [0.15, 0.2) is 4.80 Å². The van der Waals surface area contributed by atoms with E-state index < -0.39 is 12.0 Å². The lowest BCUT2D eigenvalue weighted by Gasteiger charge is -2.23. The first kappa shape index (κ1) is 18.5. The third-order valence-electron chi connectivity index (χ3n) is 4.33. The first-order valence-corrected chi connectivity index (χ1v) is 10.4. The summed E-state index contributed by atoms with van der Waals surface area (Å²) in [5.41, 5.74) is 1.70. The van der Waals surface area contributed by atoms with Gasteiger partial charge in [-0.2, -0.15) is 0 Å². The van der Waals surface area contributed by atoms with Crippen LogP contribution < -0.4 is 14.9 Å². The Hall–Kier alpha value is -2.84. The number of thiophene rings is 1. The lowest BCUT2D eigenvalue weighted by molar-refractivity contribution is -0.139. The topological polar surface area (TPSA) is 73.6 Å². The molecule has 3 aromatic rings. The molecule has 0 amide bonds. The second kappa shape index (κ2) is 7.65. The van der Waals surface area contributed by atoms with Gasteiger partial charge in [-0.15, -0.1) is 11.3 Å². The molecular weight excluding hydrogens is 394 g/mol. The molecule has 6 nitrogen and oxygen atoms in total. The van der Waals surface area contributed by atoms with Gasteiger partial charge in [0, 0.05) is 17.3 Å². The molecule has 28 heavy (non-hydrogen) atoms. The number of allylic oxidation sites excluding steroid dienone is 1. The molecule has 0 aromatic carbocycles. The molecule has 4 rings (SSSR count). The van der Waals surface area contributed by atoms with Gasteiger partial charge < -0.3 is 4.74 Å². The van der Waals surface area contributed by atoms with Crippen LogP contribution in [0.5, 0.6) is 0 Å². The van der Waals surface area contributed by atoms with Crippen LogP contribution in [-0.2, 0) is 9.53 Å². The summed E-state index contributed by atoms with van der Waals surface area (Å²) in [4.78, 5) is 35.9. The Morgan fingerprint density at radius 1 is 1.32 bits per heavy atom. The number of carbonyl (C=O) groups excluding carboxylic acids is 1. The Labute approximate surface area is 168 Å². The zero-order valence-electron chi connectivity index (χ0n) is 15.3. The Morgan fingerprint density at radius 2 is 2.11 bits per heavy atom. The molecule has 0 saturated carbocycles. The van der Waals surface area contributed by atoms with Gasteiger partial charge in [0.2, 0.25) is 0 Å². The molecule has 0 N–H and O–H groups in total. The number of nitrogens with zero attached hydrogens (tertiary/aromatic N) is 3. The van der Waals surface area contributed by atoms with Crippen LogP contribution in [0.1, 0.15) is 30.3 Å². The normalized spacial score (nSPS) is 16.6. The molecule has 8 heteroatoms. The second-order valence-electron chi connectivity index (χ2n) is 6.10. The maximum atomic E-state index is 13.3. The van der Waals surface area contributed by atoms with Crippen LogP contribution in [0.15, 0.2) is 63.1 Å². The smallest absolute Gasteiger partial charge is 0.338 e. The lowest BCUT2D eigenvalue weighted by atomic mass is 10.0. The SMILES string of the molecule is CCOC(=O)C1=C(C)N=c2s/c(=C/c3ccncc3)c(=O)n2C1c1cccs1. The van der Waals surface area contributed by atoms with E-state index in [2.05, 4.69) is 9.98 Å². The number of rotatable bonds is 4. The van der Waals surface area contributed by atoms with Gasteiger partial charge in [0.1, 0.15) is 6.04 Å². The van der Waals surface area contributed by atoms with Crippen LogP contribution in [0, 0.1) is 0 Å². The van der Waals surface area contributed by atoms with Crippen LogP contribution in [0.4, 0.5) is 0 Å². The molecule has 0 saturated heterocycles. The number of esters is 1. The number of aromatic nitrogens is 2. The van der Waals surface area contributed by atoms with Gasteiger partial charge in [-0.1, -0.05) is 17.4 Å². The summed E-state index contributed by atoms with van der Waals surface area (Å²) in [5, 5.41) is 1.93. The average molecular weight is 412 g/mol. The van der Waals surface area contributed by atoms with Gasteiger partial charge in [0.25, 0.3) is 5.56 Å². The second-order valence-corrected chi connectivity index (χ2v) is 8.09. The van der Waals surface area contributed by atoms with Gasteiger partial charge in [-0.3, -0.25) is 14.3 Å². The van der Waals surface area contributed by atoms with Gasteiger partial charge in [0.05, 0.1) is 22.4 Å². The van der Waals surface area contributed by atoms with Gasteiger partial charge in [-0.25, -0.2) is 9.79 Å². The molecule has 0 fully saturated rings. The zero-order chi connectivity index (χ0) is 19.7. The number of carbonyl (C=O) groups is 1. The average Bonchev–Trinajstić information content (AvgIpc) is 3.31. The molecular formula is C20H17N3O3S2. The van der Waals surface area contributed by atoms with Crippen molar-refractivity contribution in [2.75, 3.05) is 6.61 Å². The van der Waals surface area contributed by atoms with Crippen molar-refractivity contribution < 1.29 is 9.53 Å². The van der Waals surface area contributed by atoms with E-state index in [1.807, 2.05) is 35.7 Å². The number of pyridine rings is 1. The van der Waals surface area contributed by atoms with Crippen molar-refractivity contribution in [3.8, 4) is 0 Å². The van der Waals surface area contributed by atoms with Gasteiger partial charge >= 0.3 is 5.97 Å². The van der Waals surface area contributed by atoms with Crippen LogP contribution in [0.3, 0.4) is 0 Å². The minimum absolute atomic E-state index is 0.173. The molecule has 0 spiro atoms. The third-order valence-corrected chi connectivity index (χ3v) is 6.24. The van der Waals surface area contributed by atoms with Crippen LogP contribution in [0.25, 0.3) is 6.08 Å². The van der Waals surface area contributed by atoms with E-state index in [4.69, 9.17) is 4.74 Å². The Bertz CT molecular complexity index is 1220. The summed E-state index contributed by atoms with van der Waals surface area (Å²) >= 11 is 2.81. The van der Waals surface area contributed by atoms with E-state index in [1.165, 1.54) is 22.7 Å². The fourth-order valence-corrected chi connectivity index (χ4v) is 4.99. The number of thiazole rings is 1. The maximum Gasteiger partial charge on any atom is 0.338 e. The predicted octanol–water partition coefficient (Wildman–Crippen LogP) is 2.25. The van der Waals surface area contributed by atoms with Crippen molar-refractivity contribution in [1.29, 1.82) is 0 Å². The van der Waals surface area contributed by atoms with E-state index in [-0.39, 0.29) is 12.2 Å². The van der Waals surface area contributed by atoms with E-state index in [1.54, 1.807) is 30.8 Å². The summed E-state index contributed by atoms with van der Waals surface area (Å²) < 4.78 is 7.42.